The van der Waals surface area contributed by atoms with Gasteiger partial charge in [-0.3, -0.25) is 0 Å². The Kier molecular flexibility index (Phi) is 8.66. The van der Waals surface area contributed by atoms with E-state index in [4.69, 9.17) is 0 Å². The molecule has 0 fully saturated rings. The number of para-hydroxylation sites is 5. The lowest BCUT2D eigenvalue weighted by atomic mass is 9.64. The third kappa shape index (κ3) is 5.58. The zero-order chi connectivity index (χ0) is 48.9. The molecule has 0 bridgehead atoms. The lowest BCUT2D eigenvalue weighted by Crippen LogP contribution is -2.37. The van der Waals surface area contributed by atoms with E-state index in [0.29, 0.717) is 0 Å². The Bertz CT molecular complexity index is 4340. The highest BCUT2D eigenvalue weighted by Gasteiger charge is 2.53. The fourth-order valence-corrected chi connectivity index (χ4v) is 14.7. The van der Waals surface area contributed by atoms with Crippen molar-refractivity contribution in [1.82, 2.24) is 4.57 Å². The average molecular weight is 962 g/mol. The van der Waals surface area contributed by atoms with Crippen LogP contribution in [-0.4, -0.2) is 4.57 Å². The summed E-state index contributed by atoms with van der Waals surface area (Å²) in [5.74, 6) is 0. The van der Waals surface area contributed by atoms with Crippen molar-refractivity contribution in [2.75, 3.05) is 9.80 Å². The van der Waals surface area contributed by atoms with E-state index in [-0.39, 0.29) is 5.41 Å². The standard InChI is InChI=1S/C70H47N3S/c1-69(2)56-22-9-6-19-50(56)52-38-36-48(42-60(52)69)71(47-34-31-44(32-35-47)45-33-40-63-55(41-45)54-21-8-12-26-62(54)72(63)46-17-4-3-5-18-46)49-37-39-53-51-20-7-10-23-57(51)70(61(53)43-49)58-24-11-13-27-64(58)73-65-28-14-15-29-66(65)74-67-30-16-25-59(70)68(67)73/h3-43H,1-2H3. The summed E-state index contributed by atoms with van der Waals surface area (Å²) < 4.78 is 2.39. The number of hydrogen-bond acceptors (Lipinski definition) is 3. The second-order valence-corrected chi connectivity index (χ2v) is 21.9. The van der Waals surface area contributed by atoms with Gasteiger partial charge in [0.25, 0.3) is 0 Å². The molecule has 1 aromatic heterocycles. The smallest absolute Gasteiger partial charge is 0.0755 e. The molecule has 1 atom stereocenters. The van der Waals surface area contributed by atoms with Gasteiger partial charge in [0.15, 0.2) is 0 Å². The monoisotopic (exact) mass is 961 g/mol. The number of aromatic nitrogens is 1. The highest BCUT2D eigenvalue weighted by Crippen LogP contribution is 2.67. The van der Waals surface area contributed by atoms with E-state index >= 15 is 0 Å². The van der Waals surface area contributed by atoms with Crippen molar-refractivity contribution >= 4 is 67.7 Å². The molecule has 11 aromatic carbocycles. The van der Waals surface area contributed by atoms with Gasteiger partial charge in [-0.2, -0.15) is 0 Å². The Balaban J connectivity index is 0.897. The van der Waals surface area contributed by atoms with Crippen LogP contribution in [0.4, 0.5) is 34.1 Å². The highest BCUT2D eigenvalue weighted by molar-refractivity contribution is 7.99. The van der Waals surface area contributed by atoms with Crippen molar-refractivity contribution in [3.63, 3.8) is 0 Å². The van der Waals surface area contributed by atoms with Crippen LogP contribution in [0.15, 0.2) is 259 Å². The Labute approximate surface area is 435 Å². The third-order valence-electron chi connectivity index (χ3n) is 16.8. The predicted octanol–water partition coefficient (Wildman–Crippen LogP) is 18.8. The number of nitrogens with zero attached hydrogens (tertiary/aromatic N) is 3. The van der Waals surface area contributed by atoms with Gasteiger partial charge in [0.05, 0.1) is 33.5 Å². The molecule has 0 amide bonds. The van der Waals surface area contributed by atoms with Gasteiger partial charge in [0.2, 0.25) is 0 Å². The summed E-state index contributed by atoms with van der Waals surface area (Å²) in [7, 11) is 0. The second-order valence-electron chi connectivity index (χ2n) is 20.8. The molecule has 1 unspecified atom stereocenters. The number of benzene rings is 11. The SMILES string of the molecule is CC1(C)c2ccccc2-c2ccc(N(c3ccc(-c4ccc5c(c4)c4ccccc4n5-c4ccccc4)cc3)c3ccc4c(c3)C3(c5ccccc5-4)c4ccccc4N4c5ccccc5Sc5cccc3c54)cc21. The van der Waals surface area contributed by atoms with E-state index in [1.54, 1.807) is 0 Å². The van der Waals surface area contributed by atoms with Crippen molar-refractivity contribution in [3.8, 4) is 39.1 Å². The topological polar surface area (TPSA) is 11.4 Å². The molecule has 1 spiro atoms. The molecule has 0 saturated heterocycles. The van der Waals surface area contributed by atoms with Gasteiger partial charge < -0.3 is 14.4 Å². The minimum atomic E-state index is -0.577. The van der Waals surface area contributed by atoms with E-state index in [1.165, 1.54) is 121 Å². The van der Waals surface area contributed by atoms with Crippen LogP contribution in [0.2, 0.25) is 0 Å². The Hall–Kier alpha value is -8.83. The Morgan fingerprint density at radius 3 is 1.74 bits per heavy atom. The predicted molar refractivity (Wildman–Crippen MR) is 308 cm³/mol. The van der Waals surface area contributed by atoms with Crippen LogP contribution in [0.25, 0.3) is 60.9 Å². The first-order valence-corrected chi connectivity index (χ1v) is 26.6. The van der Waals surface area contributed by atoms with Crippen molar-refractivity contribution in [2.45, 2.75) is 34.5 Å². The van der Waals surface area contributed by atoms with Crippen molar-refractivity contribution in [3.05, 3.63) is 282 Å². The van der Waals surface area contributed by atoms with Crippen LogP contribution in [0.3, 0.4) is 0 Å². The van der Waals surface area contributed by atoms with Crippen LogP contribution in [0.1, 0.15) is 47.2 Å². The molecule has 74 heavy (non-hydrogen) atoms. The Morgan fingerprint density at radius 1 is 0.365 bits per heavy atom. The van der Waals surface area contributed by atoms with E-state index in [9.17, 15) is 0 Å². The number of anilines is 6. The van der Waals surface area contributed by atoms with Crippen LogP contribution >= 0.6 is 11.8 Å². The third-order valence-corrected chi connectivity index (χ3v) is 17.9. The molecule has 2 aliphatic carbocycles. The normalized spacial score (nSPS) is 15.8. The zero-order valence-electron chi connectivity index (χ0n) is 40.9. The minimum absolute atomic E-state index is 0.163. The lowest BCUT2D eigenvalue weighted by molar-refractivity contribution is 0.660. The maximum Gasteiger partial charge on any atom is 0.0755 e. The summed E-state index contributed by atoms with van der Waals surface area (Å²) in [6.07, 6.45) is 0. The summed E-state index contributed by atoms with van der Waals surface area (Å²) in [5, 5.41) is 2.50. The fourth-order valence-electron chi connectivity index (χ4n) is 13.6. The highest BCUT2D eigenvalue weighted by atomic mass is 32.2. The molecule has 4 heteroatoms. The van der Waals surface area contributed by atoms with Crippen LogP contribution in [-0.2, 0) is 10.8 Å². The van der Waals surface area contributed by atoms with Crippen LogP contribution in [0, 0.1) is 0 Å². The summed E-state index contributed by atoms with van der Waals surface area (Å²) in [5.41, 5.74) is 25.5. The number of rotatable bonds is 5. The maximum absolute atomic E-state index is 2.54. The van der Waals surface area contributed by atoms with E-state index in [0.717, 1.165) is 17.1 Å². The maximum atomic E-state index is 2.54. The molecule has 2 aliphatic heterocycles. The largest absolute Gasteiger partial charge is 0.310 e. The molecule has 0 saturated carbocycles. The molecule has 12 aromatic rings. The lowest BCUT2D eigenvalue weighted by Gasteiger charge is -2.47. The van der Waals surface area contributed by atoms with Crippen LogP contribution < -0.4 is 9.80 Å². The summed E-state index contributed by atoms with van der Waals surface area (Å²) in [4.78, 5) is 7.60. The second kappa shape index (κ2) is 15.3. The van der Waals surface area contributed by atoms with Gasteiger partial charge in [-0.25, -0.2) is 0 Å². The molecule has 4 aliphatic rings. The quantitative estimate of drug-likeness (QED) is 0.170. The summed E-state index contributed by atoms with van der Waals surface area (Å²) >= 11 is 1.89. The zero-order valence-corrected chi connectivity index (χ0v) is 41.7. The molecule has 0 radical (unpaired) electrons. The van der Waals surface area contributed by atoms with Crippen LogP contribution in [0.5, 0.6) is 0 Å². The minimum Gasteiger partial charge on any atom is -0.310 e. The van der Waals surface area contributed by atoms with E-state index in [2.05, 4.69) is 277 Å². The van der Waals surface area contributed by atoms with E-state index < -0.39 is 5.41 Å². The number of fused-ring (bicyclic) bond motifs is 17. The first-order chi connectivity index (χ1) is 36.5. The van der Waals surface area contributed by atoms with Gasteiger partial charge in [-0.1, -0.05) is 183 Å². The summed E-state index contributed by atoms with van der Waals surface area (Å²) in [6.45, 7) is 4.76. The molecule has 3 nitrogen and oxygen atoms in total. The first kappa shape index (κ1) is 41.8. The molecular weight excluding hydrogens is 915 g/mol. The van der Waals surface area contributed by atoms with Gasteiger partial charge in [-0.15, -0.1) is 0 Å². The molecule has 16 rings (SSSR count). The van der Waals surface area contributed by atoms with Crippen molar-refractivity contribution in [2.24, 2.45) is 0 Å². The molecule has 348 valence electrons. The van der Waals surface area contributed by atoms with Crippen molar-refractivity contribution in [1.29, 1.82) is 0 Å². The van der Waals surface area contributed by atoms with Gasteiger partial charge >= 0.3 is 0 Å². The van der Waals surface area contributed by atoms with Gasteiger partial charge in [0, 0.05) is 48.7 Å². The molecular formula is C70H47N3S. The fraction of sp³-hybridized carbons (Fsp3) is 0.0571. The Morgan fingerprint density at radius 2 is 0.932 bits per heavy atom. The van der Waals surface area contributed by atoms with Crippen molar-refractivity contribution < 1.29 is 0 Å². The van der Waals surface area contributed by atoms with Gasteiger partial charge in [-0.05, 0) is 158 Å². The van der Waals surface area contributed by atoms with E-state index in [1.807, 2.05) is 11.8 Å². The average Bonchev–Trinajstić information content (AvgIpc) is 4.09. The summed E-state index contributed by atoms with van der Waals surface area (Å²) in [6, 6.07) is 93.4. The molecule has 3 heterocycles. The number of hydrogen-bond donors (Lipinski definition) is 0. The molecule has 0 N–H and O–H groups in total. The first-order valence-electron chi connectivity index (χ1n) is 25.7. The van der Waals surface area contributed by atoms with Gasteiger partial charge in [0.1, 0.15) is 0 Å².